The third-order valence-corrected chi connectivity index (χ3v) is 5.15. The Morgan fingerprint density at radius 1 is 1.21 bits per heavy atom. The van der Waals surface area contributed by atoms with Gasteiger partial charge in [0.2, 0.25) is 5.91 Å². The number of aryl methyl sites for hydroxylation is 2. The van der Waals surface area contributed by atoms with Gasteiger partial charge in [-0.25, -0.2) is 0 Å². The fourth-order valence-electron chi connectivity index (χ4n) is 3.54. The van der Waals surface area contributed by atoms with Gasteiger partial charge in [0.1, 0.15) is 5.82 Å². The predicted octanol–water partition coefficient (Wildman–Crippen LogP) is 3.27. The van der Waals surface area contributed by atoms with E-state index in [2.05, 4.69) is 15.7 Å². The van der Waals surface area contributed by atoms with Crippen molar-refractivity contribution in [2.24, 2.45) is 7.05 Å². The van der Waals surface area contributed by atoms with Gasteiger partial charge in [0, 0.05) is 31.6 Å². The van der Waals surface area contributed by atoms with Gasteiger partial charge in [-0.05, 0) is 42.3 Å². The number of amides is 2. The summed E-state index contributed by atoms with van der Waals surface area (Å²) >= 11 is 0. The summed E-state index contributed by atoms with van der Waals surface area (Å²) in [6.07, 6.45) is 1.79. The van der Waals surface area contributed by atoms with Crippen molar-refractivity contribution in [1.82, 2.24) is 15.1 Å². The van der Waals surface area contributed by atoms with E-state index in [0.717, 1.165) is 33.9 Å². The summed E-state index contributed by atoms with van der Waals surface area (Å²) in [6, 6.07) is 13.4. The first kappa shape index (κ1) is 18.7. The number of rotatable bonds is 3. The standard InChI is InChI=1S/C22H23N5O2/c1-14-10-16(8-9-17(14)11-23-15(2)28)22(29)27-13-18-12-24-26(3)21(18)25-19-6-4-5-7-20(19)27/h4-10,12,25H,11,13H2,1-3H3,(H,23,28). The van der Waals surface area contributed by atoms with E-state index in [9.17, 15) is 9.59 Å². The summed E-state index contributed by atoms with van der Waals surface area (Å²) in [5.74, 6) is 0.727. The number of nitrogens with zero attached hydrogens (tertiary/aromatic N) is 3. The maximum Gasteiger partial charge on any atom is 0.258 e. The predicted molar refractivity (Wildman–Crippen MR) is 112 cm³/mol. The number of carbonyl (C=O) groups excluding carboxylic acids is 2. The molecule has 29 heavy (non-hydrogen) atoms. The molecule has 0 unspecified atom stereocenters. The van der Waals surface area contributed by atoms with Crippen molar-refractivity contribution in [3.05, 3.63) is 70.9 Å². The van der Waals surface area contributed by atoms with Gasteiger partial charge in [0.25, 0.3) is 5.91 Å². The van der Waals surface area contributed by atoms with Crippen LogP contribution in [0.1, 0.15) is 34.0 Å². The monoisotopic (exact) mass is 389 g/mol. The Balaban J connectivity index is 1.69. The van der Waals surface area contributed by atoms with Crippen LogP contribution in [0.4, 0.5) is 17.2 Å². The highest BCUT2D eigenvalue weighted by atomic mass is 16.2. The van der Waals surface area contributed by atoms with Crippen molar-refractivity contribution in [3.8, 4) is 0 Å². The van der Waals surface area contributed by atoms with Crippen LogP contribution in [-0.2, 0) is 24.9 Å². The van der Waals surface area contributed by atoms with Crippen LogP contribution in [0.25, 0.3) is 0 Å². The molecule has 3 aromatic rings. The number of benzene rings is 2. The first-order chi connectivity index (χ1) is 13.9. The largest absolute Gasteiger partial charge is 0.352 e. The maximum atomic E-state index is 13.5. The Kier molecular flexibility index (Phi) is 4.80. The summed E-state index contributed by atoms with van der Waals surface area (Å²) < 4.78 is 1.78. The number of carbonyl (C=O) groups is 2. The fourth-order valence-corrected chi connectivity index (χ4v) is 3.54. The first-order valence-corrected chi connectivity index (χ1v) is 9.47. The van der Waals surface area contributed by atoms with E-state index >= 15 is 0 Å². The molecule has 2 N–H and O–H groups in total. The van der Waals surface area contributed by atoms with Crippen LogP contribution in [-0.4, -0.2) is 21.6 Å². The van der Waals surface area contributed by atoms with E-state index in [-0.39, 0.29) is 11.8 Å². The van der Waals surface area contributed by atoms with E-state index in [1.165, 1.54) is 6.92 Å². The van der Waals surface area contributed by atoms with Crippen LogP contribution in [0.15, 0.2) is 48.7 Å². The van der Waals surface area contributed by atoms with Crippen LogP contribution in [0.2, 0.25) is 0 Å². The lowest BCUT2D eigenvalue weighted by Gasteiger charge is -2.23. The molecule has 0 aliphatic carbocycles. The molecule has 0 saturated carbocycles. The number of para-hydroxylation sites is 2. The van der Waals surface area contributed by atoms with Gasteiger partial charge < -0.3 is 15.5 Å². The number of hydrogen-bond acceptors (Lipinski definition) is 4. The zero-order valence-corrected chi connectivity index (χ0v) is 16.7. The van der Waals surface area contributed by atoms with Gasteiger partial charge >= 0.3 is 0 Å². The number of aromatic nitrogens is 2. The van der Waals surface area contributed by atoms with Gasteiger partial charge in [0.05, 0.1) is 24.1 Å². The molecule has 2 heterocycles. The average molecular weight is 389 g/mol. The second-order valence-corrected chi connectivity index (χ2v) is 7.23. The van der Waals surface area contributed by atoms with Crippen molar-refractivity contribution in [1.29, 1.82) is 0 Å². The summed E-state index contributed by atoms with van der Waals surface area (Å²) in [4.78, 5) is 26.4. The molecule has 7 heteroatoms. The van der Waals surface area contributed by atoms with Crippen LogP contribution in [0, 0.1) is 6.92 Å². The van der Waals surface area contributed by atoms with Crippen molar-refractivity contribution in [2.45, 2.75) is 26.9 Å². The molecule has 2 aromatic carbocycles. The highest BCUT2D eigenvalue weighted by Crippen LogP contribution is 2.36. The Morgan fingerprint density at radius 2 is 2.00 bits per heavy atom. The molecule has 1 aliphatic rings. The second-order valence-electron chi connectivity index (χ2n) is 7.23. The molecule has 0 atom stereocenters. The molecule has 0 radical (unpaired) electrons. The maximum absolute atomic E-state index is 13.5. The van der Waals surface area contributed by atoms with Crippen molar-refractivity contribution >= 4 is 29.0 Å². The third-order valence-electron chi connectivity index (χ3n) is 5.15. The Labute approximate surface area is 169 Å². The minimum absolute atomic E-state index is 0.0782. The molecule has 1 aliphatic heterocycles. The fraction of sp³-hybridized carbons (Fsp3) is 0.227. The molecule has 7 nitrogen and oxygen atoms in total. The van der Waals surface area contributed by atoms with Gasteiger partial charge in [-0.2, -0.15) is 5.10 Å². The summed E-state index contributed by atoms with van der Waals surface area (Å²) in [6.45, 7) is 4.32. The molecule has 0 saturated heterocycles. The highest BCUT2D eigenvalue weighted by Gasteiger charge is 2.26. The number of nitrogens with one attached hydrogen (secondary N) is 2. The summed E-state index contributed by atoms with van der Waals surface area (Å²) in [5.41, 5.74) is 5.21. The SMILES string of the molecule is CC(=O)NCc1ccc(C(=O)N2Cc3cnn(C)c3Nc3ccccc32)cc1C. The Morgan fingerprint density at radius 3 is 2.76 bits per heavy atom. The number of hydrogen-bond donors (Lipinski definition) is 2. The molecule has 0 spiro atoms. The average Bonchev–Trinajstić information content (AvgIpc) is 2.95. The lowest BCUT2D eigenvalue weighted by atomic mass is 10.0. The van der Waals surface area contributed by atoms with Crippen LogP contribution < -0.4 is 15.5 Å². The van der Waals surface area contributed by atoms with E-state index in [1.807, 2.05) is 56.4 Å². The first-order valence-electron chi connectivity index (χ1n) is 9.47. The quantitative estimate of drug-likeness (QED) is 0.721. The van der Waals surface area contributed by atoms with E-state index in [4.69, 9.17) is 0 Å². The third kappa shape index (κ3) is 3.59. The van der Waals surface area contributed by atoms with Gasteiger partial charge in [0.15, 0.2) is 0 Å². The molecule has 2 amide bonds. The van der Waals surface area contributed by atoms with Crippen molar-refractivity contribution in [3.63, 3.8) is 0 Å². The van der Waals surface area contributed by atoms with Crippen LogP contribution >= 0.6 is 0 Å². The Hall–Kier alpha value is -3.61. The molecule has 4 rings (SSSR count). The minimum Gasteiger partial charge on any atom is -0.352 e. The molecule has 0 fully saturated rings. The molecular formula is C22H23N5O2. The normalized spacial score (nSPS) is 12.4. The van der Waals surface area contributed by atoms with E-state index in [0.29, 0.717) is 18.7 Å². The second kappa shape index (κ2) is 7.43. The molecule has 0 bridgehead atoms. The summed E-state index contributed by atoms with van der Waals surface area (Å²) in [5, 5.41) is 10.5. The topological polar surface area (TPSA) is 79.3 Å². The summed E-state index contributed by atoms with van der Waals surface area (Å²) in [7, 11) is 1.88. The van der Waals surface area contributed by atoms with Crippen LogP contribution in [0.3, 0.4) is 0 Å². The number of fused-ring (bicyclic) bond motifs is 2. The zero-order valence-electron chi connectivity index (χ0n) is 16.7. The Bertz CT molecular complexity index is 1100. The lowest BCUT2D eigenvalue weighted by molar-refractivity contribution is -0.119. The molecular weight excluding hydrogens is 366 g/mol. The van der Waals surface area contributed by atoms with Crippen LogP contribution in [0.5, 0.6) is 0 Å². The smallest absolute Gasteiger partial charge is 0.258 e. The zero-order chi connectivity index (χ0) is 20.5. The van der Waals surface area contributed by atoms with E-state index < -0.39 is 0 Å². The highest BCUT2D eigenvalue weighted by molar-refractivity contribution is 6.08. The van der Waals surface area contributed by atoms with E-state index in [1.54, 1.807) is 15.8 Å². The van der Waals surface area contributed by atoms with Gasteiger partial charge in [-0.15, -0.1) is 0 Å². The van der Waals surface area contributed by atoms with Gasteiger partial charge in [-0.3, -0.25) is 14.3 Å². The van der Waals surface area contributed by atoms with Gasteiger partial charge in [-0.1, -0.05) is 18.2 Å². The van der Waals surface area contributed by atoms with Crippen molar-refractivity contribution < 1.29 is 9.59 Å². The number of anilines is 3. The molecule has 1 aromatic heterocycles. The lowest BCUT2D eigenvalue weighted by Crippen LogP contribution is -2.30. The van der Waals surface area contributed by atoms with Crippen molar-refractivity contribution in [2.75, 3.05) is 10.2 Å². The molecule has 148 valence electrons. The minimum atomic E-state index is -0.0786.